The fourth-order valence-corrected chi connectivity index (χ4v) is 4.19. The van der Waals surface area contributed by atoms with Crippen LogP contribution < -0.4 is 0 Å². The van der Waals surface area contributed by atoms with E-state index in [0.29, 0.717) is 6.42 Å². The third-order valence-corrected chi connectivity index (χ3v) is 6.31. The molecule has 0 spiro atoms. The van der Waals surface area contributed by atoms with Crippen molar-refractivity contribution < 1.29 is 25.4 Å². The minimum absolute atomic E-state index is 0.130. The molecular formula is C11H23O5P. The van der Waals surface area contributed by atoms with Gasteiger partial charge in [-0.05, 0) is 33.1 Å². The second-order valence-corrected chi connectivity index (χ2v) is 7.85. The Morgan fingerprint density at radius 2 is 2.29 bits per heavy atom. The topological polar surface area (TPSA) is 76.0 Å². The van der Waals surface area contributed by atoms with Crippen LogP contribution in [0, 0.1) is 5.92 Å². The highest BCUT2D eigenvalue weighted by Crippen LogP contribution is 2.59. The molecule has 0 radical (unpaired) electrons. The summed E-state index contributed by atoms with van der Waals surface area (Å²) in [6.45, 7) is 3.99. The highest BCUT2D eigenvalue weighted by atomic mass is 31.2. The van der Waals surface area contributed by atoms with Gasteiger partial charge in [0.2, 0.25) is 7.37 Å². The van der Waals surface area contributed by atoms with E-state index in [0.717, 1.165) is 0 Å². The number of ether oxygens (including phenoxy) is 1. The molecule has 4 atom stereocenters. The van der Waals surface area contributed by atoms with Crippen LogP contribution in [0.25, 0.3) is 0 Å². The standard InChI is InChI=1S/C11H23O5P/c1-4-16-17(14,11(2,3)13)8-9-5-6-15-10(9)7-12/h9-10,12-13H,4-8H2,1-3H3/t9-,10-,17?/m1/s1/i6T/t6-,9+,10+,17?/m0. The van der Waals surface area contributed by atoms with Gasteiger partial charge in [-0.25, -0.2) is 0 Å². The Kier molecular flexibility index (Phi) is 4.61. The Hall–Kier alpha value is 0.0700. The molecule has 0 amide bonds. The average molecular weight is 268 g/mol. The summed E-state index contributed by atoms with van der Waals surface area (Å²) in [5.74, 6) is -0.221. The molecule has 0 aromatic rings. The Morgan fingerprint density at radius 3 is 2.76 bits per heavy atom. The van der Waals surface area contributed by atoms with Gasteiger partial charge >= 0.3 is 0 Å². The Balaban J connectivity index is 2.81. The van der Waals surface area contributed by atoms with Crippen molar-refractivity contribution in [1.82, 2.24) is 0 Å². The summed E-state index contributed by atoms with van der Waals surface area (Å²) < 4.78 is 30.7. The summed E-state index contributed by atoms with van der Waals surface area (Å²) in [5, 5.41) is 17.8. The van der Waals surface area contributed by atoms with E-state index in [-0.39, 0.29) is 25.3 Å². The van der Waals surface area contributed by atoms with Crippen LogP contribution in [0.1, 0.15) is 28.6 Å². The van der Waals surface area contributed by atoms with Gasteiger partial charge in [0.1, 0.15) is 5.34 Å². The number of rotatable bonds is 6. The van der Waals surface area contributed by atoms with Crippen LogP contribution in [-0.2, 0) is 13.8 Å². The Morgan fingerprint density at radius 1 is 1.65 bits per heavy atom. The normalized spacial score (nSPS) is 34.4. The van der Waals surface area contributed by atoms with Crippen LogP contribution in [0.15, 0.2) is 0 Å². The maximum Gasteiger partial charge on any atom is 0.233 e. The van der Waals surface area contributed by atoms with Gasteiger partial charge in [-0.2, -0.15) is 0 Å². The molecule has 1 saturated heterocycles. The zero-order chi connectivity index (χ0) is 14.0. The average Bonchev–Trinajstić information content (AvgIpc) is 2.57. The first-order valence-electron chi connectivity index (χ1n) is 6.46. The Labute approximate surface area is 104 Å². The predicted octanol–water partition coefficient (Wildman–Crippen LogP) is 1.43. The second kappa shape index (κ2) is 5.81. The van der Waals surface area contributed by atoms with E-state index in [9.17, 15) is 14.8 Å². The molecule has 0 bridgehead atoms. The van der Waals surface area contributed by atoms with Crippen LogP contribution in [0.2, 0.25) is 0 Å². The summed E-state index contributed by atoms with van der Waals surface area (Å²) in [7, 11) is -3.25. The van der Waals surface area contributed by atoms with Crippen LogP contribution in [0.3, 0.4) is 0 Å². The number of hydrogen-bond donors (Lipinski definition) is 2. The maximum atomic E-state index is 12.7. The van der Waals surface area contributed by atoms with Crippen LogP contribution in [0.5, 0.6) is 0 Å². The lowest BCUT2D eigenvalue weighted by molar-refractivity contribution is 0.0422. The summed E-state index contributed by atoms with van der Waals surface area (Å²) in [4.78, 5) is 0. The van der Waals surface area contributed by atoms with Crippen molar-refractivity contribution in [2.75, 3.05) is 26.0 Å². The largest absolute Gasteiger partial charge is 0.394 e. The van der Waals surface area contributed by atoms with Crippen molar-refractivity contribution in [2.24, 2.45) is 5.92 Å². The van der Waals surface area contributed by atoms with E-state index in [1.165, 1.54) is 13.8 Å². The molecule has 1 fully saturated rings. The molecule has 0 saturated carbocycles. The van der Waals surface area contributed by atoms with Crippen LogP contribution in [-0.4, -0.2) is 47.6 Å². The zero-order valence-electron chi connectivity index (χ0n) is 11.6. The van der Waals surface area contributed by atoms with E-state index >= 15 is 0 Å². The molecule has 0 aromatic carbocycles. The van der Waals surface area contributed by atoms with Crippen molar-refractivity contribution in [3.05, 3.63) is 0 Å². The molecule has 1 aliphatic rings. The third-order valence-electron chi connectivity index (χ3n) is 3.02. The molecule has 1 aliphatic heterocycles. The van der Waals surface area contributed by atoms with Gasteiger partial charge in [-0.1, -0.05) is 0 Å². The summed E-state index contributed by atoms with van der Waals surface area (Å²) in [5.41, 5.74) is 0. The van der Waals surface area contributed by atoms with E-state index in [4.69, 9.17) is 10.6 Å². The maximum absolute atomic E-state index is 12.7. The summed E-state index contributed by atoms with van der Waals surface area (Å²) >= 11 is 0. The van der Waals surface area contributed by atoms with Gasteiger partial charge in [0.25, 0.3) is 0 Å². The number of aliphatic hydroxyl groups excluding tert-OH is 1. The molecule has 17 heavy (non-hydrogen) atoms. The van der Waals surface area contributed by atoms with Crippen molar-refractivity contribution >= 4 is 7.37 Å². The SMILES string of the molecule is [3H][C@H]1C[C@H](CP(=O)(OCC)C(C)(C)O)[C@@H](CO)O1. The van der Waals surface area contributed by atoms with Crippen molar-refractivity contribution in [1.29, 1.82) is 0 Å². The number of aliphatic hydroxyl groups is 2. The van der Waals surface area contributed by atoms with Gasteiger partial charge in [-0.15, -0.1) is 0 Å². The van der Waals surface area contributed by atoms with Crippen LogP contribution >= 0.6 is 7.37 Å². The molecule has 0 aliphatic carbocycles. The molecular weight excluding hydrogens is 243 g/mol. The van der Waals surface area contributed by atoms with E-state index in [2.05, 4.69) is 0 Å². The lowest BCUT2D eigenvalue weighted by Gasteiger charge is -2.32. The van der Waals surface area contributed by atoms with Crippen molar-refractivity contribution in [2.45, 2.75) is 38.6 Å². The first-order valence-corrected chi connectivity index (χ1v) is 7.69. The lowest BCUT2D eigenvalue weighted by atomic mass is 10.1. The molecule has 5 nitrogen and oxygen atoms in total. The summed E-state index contributed by atoms with van der Waals surface area (Å²) in [6.07, 6.45) is 0.0344. The molecule has 1 unspecified atom stereocenters. The molecule has 1 heterocycles. The molecule has 1 rings (SSSR count). The molecule has 102 valence electrons. The monoisotopic (exact) mass is 268 g/mol. The zero-order valence-corrected chi connectivity index (χ0v) is 11.5. The highest BCUT2D eigenvalue weighted by Gasteiger charge is 2.44. The summed E-state index contributed by atoms with van der Waals surface area (Å²) in [6, 6.07) is 0. The third kappa shape index (κ3) is 3.52. The van der Waals surface area contributed by atoms with Gasteiger partial charge in [0.15, 0.2) is 0 Å². The van der Waals surface area contributed by atoms with E-state index in [1.54, 1.807) is 6.92 Å². The van der Waals surface area contributed by atoms with Gasteiger partial charge in [-0.3, -0.25) is 4.57 Å². The first kappa shape index (κ1) is 13.5. The molecule has 6 heteroatoms. The lowest BCUT2D eigenvalue weighted by Crippen LogP contribution is -2.29. The first-order chi connectivity index (χ1) is 8.23. The minimum Gasteiger partial charge on any atom is -0.394 e. The molecule has 0 aromatic heterocycles. The fourth-order valence-electron chi connectivity index (χ4n) is 1.90. The van der Waals surface area contributed by atoms with E-state index in [1.807, 2.05) is 0 Å². The fraction of sp³-hybridized carbons (Fsp3) is 1.00. The Bertz CT molecular complexity index is 317. The van der Waals surface area contributed by atoms with Gasteiger partial charge in [0, 0.05) is 12.7 Å². The van der Waals surface area contributed by atoms with E-state index < -0.39 is 25.4 Å². The van der Waals surface area contributed by atoms with Crippen molar-refractivity contribution in [3.8, 4) is 0 Å². The number of hydrogen-bond acceptors (Lipinski definition) is 5. The highest BCUT2D eigenvalue weighted by molar-refractivity contribution is 7.60. The van der Waals surface area contributed by atoms with Gasteiger partial charge < -0.3 is 19.5 Å². The quantitative estimate of drug-likeness (QED) is 0.713. The van der Waals surface area contributed by atoms with Gasteiger partial charge in [0.05, 0.1) is 20.7 Å². The van der Waals surface area contributed by atoms with Crippen LogP contribution in [0.4, 0.5) is 0 Å². The smallest absolute Gasteiger partial charge is 0.233 e. The minimum atomic E-state index is -3.25. The molecule has 2 N–H and O–H groups in total. The predicted molar refractivity (Wildman–Crippen MR) is 65.3 cm³/mol. The second-order valence-electron chi connectivity index (χ2n) is 4.79. The van der Waals surface area contributed by atoms with Crippen molar-refractivity contribution in [3.63, 3.8) is 0 Å².